The first-order valence-electron chi connectivity index (χ1n) is 20.9. The molecule has 1 aliphatic rings. The van der Waals surface area contributed by atoms with Crippen LogP contribution in [0.3, 0.4) is 0 Å². The predicted octanol–water partition coefficient (Wildman–Crippen LogP) is 12.3. The quantitative estimate of drug-likeness (QED) is 0.101. The Morgan fingerprint density at radius 3 is 1.28 bits per heavy atom. The second kappa shape index (κ2) is 15.5. The molecule has 3 heteroatoms. The molecule has 9 aromatic carbocycles. The maximum atomic E-state index is 2.46. The summed E-state index contributed by atoms with van der Waals surface area (Å²) in [5.41, 5.74) is 12.0. The van der Waals surface area contributed by atoms with Gasteiger partial charge in [-0.1, -0.05) is 190 Å². The molecule has 0 bridgehead atoms. The SMILES string of the molecule is CC1(C)c2ccccc2-c2cccc(N(c3ccccc3)c3ccc([Si](c4ccccc4)(c4ccccc4)c4cccc(N(c5ccccc5)c5ccccc5)c4)cc3)c21. The molecular weight excluding hydrogens is 741 g/mol. The number of para-hydroxylation sites is 3. The van der Waals surface area contributed by atoms with Gasteiger partial charge < -0.3 is 9.80 Å². The van der Waals surface area contributed by atoms with Crippen molar-refractivity contribution in [1.82, 2.24) is 0 Å². The number of nitrogens with zero attached hydrogens (tertiary/aromatic N) is 2. The molecule has 0 atom stereocenters. The molecule has 0 unspecified atom stereocenters. The maximum Gasteiger partial charge on any atom is 0.179 e. The van der Waals surface area contributed by atoms with Crippen molar-refractivity contribution >= 4 is 62.9 Å². The largest absolute Gasteiger partial charge is 0.311 e. The van der Waals surface area contributed by atoms with Crippen LogP contribution < -0.4 is 30.5 Å². The normalized spacial score (nSPS) is 12.6. The van der Waals surface area contributed by atoms with E-state index in [0.717, 1.165) is 28.4 Å². The topological polar surface area (TPSA) is 6.48 Å². The van der Waals surface area contributed by atoms with E-state index in [1.807, 2.05) is 0 Å². The fourth-order valence-corrected chi connectivity index (χ4v) is 14.5. The van der Waals surface area contributed by atoms with Gasteiger partial charge in [0, 0.05) is 33.9 Å². The van der Waals surface area contributed by atoms with Crippen LogP contribution in [0, 0.1) is 0 Å². The molecule has 60 heavy (non-hydrogen) atoms. The summed E-state index contributed by atoms with van der Waals surface area (Å²) in [6.07, 6.45) is 0. The molecule has 1 aliphatic carbocycles. The highest BCUT2D eigenvalue weighted by atomic mass is 28.3. The lowest BCUT2D eigenvalue weighted by Crippen LogP contribution is -2.74. The van der Waals surface area contributed by atoms with E-state index in [9.17, 15) is 0 Å². The van der Waals surface area contributed by atoms with Gasteiger partial charge in [-0.05, 0) is 110 Å². The molecule has 0 fully saturated rings. The van der Waals surface area contributed by atoms with Gasteiger partial charge in [0.05, 0.1) is 5.69 Å². The Hall–Kier alpha value is -7.20. The van der Waals surface area contributed by atoms with Crippen LogP contribution in [0.1, 0.15) is 25.0 Å². The van der Waals surface area contributed by atoms with Gasteiger partial charge in [0.1, 0.15) is 0 Å². The number of anilines is 6. The zero-order chi connectivity index (χ0) is 40.5. The lowest BCUT2D eigenvalue weighted by molar-refractivity contribution is 0.661. The minimum absolute atomic E-state index is 0.170. The summed E-state index contributed by atoms with van der Waals surface area (Å²) in [5, 5.41) is 5.33. The lowest BCUT2D eigenvalue weighted by atomic mass is 9.81. The Balaban J connectivity index is 1.18. The van der Waals surface area contributed by atoms with Crippen LogP contribution >= 0.6 is 0 Å². The van der Waals surface area contributed by atoms with Crippen LogP contribution in [-0.2, 0) is 5.41 Å². The molecule has 0 N–H and O–H groups in total. The van der Waals surface area contributed by atoms with Gasteiger partial charge in [-0.25, -0.2) is 0 Å². The maximum absolute atomic E-state index is 2.92. The third-order valence-electron chi connectivity index (χ3n) is 12.4. The summed E-state index contributed by atoms with van der Waals surface area (Å²) < 4.78 is 0. The fourth-order valence-electron chi connectivity index (χ4n) is 9.73. The summed E-state index contributed by atoms with van der Waals surface area (Å²) in [4.78, 5) is 4.83. The van der Waals surface area contributed by atoms with Crippen LogP contribution in [0.2, 0.25) is 0 Å². The van der Waals surface area contributed by atoms with E-state index in [4.69, 9.17) is 0 Å². The number of hydrogen-bond acceptors (Lipinski definition) is 2. The van der Waals surface area contributed by atoms with Gasteiger partial charge in [-0.2, -0.15) is 0 Å². The standard InChI is InChI=1S/C57H46N2Si/c1-57(2)54-36-19-18-34-52(54)53-35-21-37-55(56(53)57)59(45-26-12-5-13-27-45)46-38-40-50(41-39-46)60(48-29-14-6-15-30-48,49-31-16-7-17-32-49)51-33-20-28-47(42-51)58(43-22-8-3-9-23-43)44-24-10-4-11-25-44/h3-42H,1-2H3. The minimum Gasteiger partial charge on any atom is -0.311 e. The summed E-state index contributed by atoms with van der Waals surface area (Å²) in [6.45, 7) is 4.75. The van der Waals surface area contributed by atoms with Crippen molar-refractivity contribution in [3.8, 4) is 11.1 Å². The third kappa shape index (κ3) is 6.26. The van der Waals surface area contributed by atoms with Gasteiger partial charge in [-0.3, -0.25) is 0 Å². The molecule has 0 saturated heterocycles. The zero-order valence-corrected chi connectivity index (χ0v) is 35.0. The smallest absolute Gasteiger partial charge is 0.179 e. The average Bonchev–Trinajstić information content (AvgIpc) is 3.55. The second-order valence-corrected chi connectivity index (χ2v) is 19.9. The predicted molar refractivity (Wildman–Crippen MR) is 257 cm³/mol. The first-order chi connectivity index (χ1) is 29.5. The van der Waals surface area contributed by atoms with Crippen LogP contribution in [-0.4, -0.2) is 8.07 Å². The van der Waals surface area contributed by atoms with Crippen molar-refractivity contribution in [2.24, 2.45) is 0 Å². The Bertz CT molecular complexity index is 2800. The van der Waals surface area contributed by atoms with Crippen LogP contribution in [0.15, 0.2) is 243 Å². The van der Waals surface area contributed by atoms with E-state index in [2.05, 4.69) is 266 Å². The molecule has 2 nitrogen and oxygen atoms in total. The molecule has 10 rings (SSSR count). The zero-order valence-electron chi connectivity index (χ0n) is 34.0. The summed E-state index contributed by atoms with van der Waals surface area (Å²) >= 11 is 0. The number of hydrogen-bond donors (Lipinski definition) is 0. The Morgan fingerprint density at radius 1 is 0.317 bits per heavy atom. The van der Waals surface area contributed by atoms with E-state index in [0.29, 0.717) is 0 Å². The first kappa shape index (κ1) is 37.1. The summed E-state index contributed by atoms with van der Waals surface area (Å²) in [5.74, 6) is 0. The van der Waals surface area contributed by atoms with E-state index < -0.39 is 8.07 Å². The van der Waals surface area contributed by atoms with Crippen molar-refractivity contribution < 1.29 is 0 Å². The van der Waals surface area contributed by atoms with E-state index in [-0.39, 0.29) is 5.41 Å². The highest BCUT2D eigenvalue weighted by Crippen LogP contribution is 2.54. The first-order valence-corrected chi connectivity index (χ1v) is 22.9. The molecule has 0 spiro atoms. The fraction of sp³-hybridized carbons (Fsp3) is 0.0526. The van der Waals surface area contributed by atoms with E-state index >= 15 is 0 Å². The van der Waals surface area contributed by atoms with Crippen molar-refractivity contribution in [1.29, 1.82) is 0 Å². The average molecular weight is 787 g/mol. The van der Waals surface area contributed by atoms with Gasteiger partial charge in [0.15, 0.2) is 8.07 Å². The van der Waals surface area contributed by atoms with Crippen LogP contribution in [0.5, 0.6) is 0 Å². The Kier molecular flexibility index (Phi) is 9.59. The molecule has 0 saturated carbocycles. The number of fused-ring (bicyclic) bond motifs is 3. The molecule has 288 valence electrons. The molecule has 0 amide bonds. The third-order valence-corrected chi connectivity index (χ3v) is 17.1. The van der Waals surface area contributed by atoms with Gasteiger partial charge in [0.2, 0.25) is 0 Å². The lowest BCUT2D eigenvalue weighted by Gasteiger charge is -2.36. The molecule has 0 aliphatic heterocycles. The van der Waals surface area contributed by atoms with Crippen molar-refractivity contribution in [2.45, 2.75) is 19.3 Å². The molecular formula is C57H46N2Si. The monoisotopic (exact) mass is 786 g/mol. The molecule has 9 aromatic rings. The van der Waals surface area contributed by atoms with E-state index in [1.54, 1.807) is 0 Å². The van der Waals surface area contributed by atoms with Gasteiger partial charge >= 0.3 is 0 Å². The van der Waals surface area contributed by atoms with Crippen molar-refractivity contribution in [2.75, 3.05) is 9.80 Å². The van der Waals surface area contributed by atoms with Crippen molar-refractivity contribution in [3.05, 3.63) is 254 Å². The summed E-state index contributed by atoms with van der Waals surface area (Å²) in [7, 11) is -2.92. The minimum atomic E-state index is -2.92. The van der Waals surface area contributed by atoms with Gasteiger partial charge in [-0.15, -0.1) is 0 Å². The Labute approximate surface area is 355 Å². The van der Waals surface area contributed by atoms with Crippen molar-refractivity contribution in [3.63, 3.8) is 0 Å². The molecule has 0 aromatic heterocycles. The Morgan fingerprint density at radius 2 is 0.717 bits per heavy atom. The van der Waals surface area contributed by atoms with E-state index in [1.165, 1.54) is 48.7 Å². The summed E-state index contributed by atoms with van der Waals surface area (Å²) in [6, 6.07) is 89.3. The van der Waals surface area contributed by atoms with Crippen LogP contribution in [0.4, 0.5) is 34.1 Å². The highest BCUT2D eigenvalue weighted by molar-refractivity contribution is 7.19. The van der Waals surface area contributed by atoms with Crippen LogP contribution in [0.25, 0.3) is 11.1 Å². The number of rotatable bonds is 10. The molecule has 0 radical (unpaired) electrons. The number of benzene rings is 9. The second-order valence-electron chi connectivity index (χ2n) is 16.1. The molecule has 0 heterocycles. The van der Waals surface area contributed by atoms with Gasteiger partial charge in [0.25, 0.3) is 0 Å². The highest BCUT2D eigenvalue weighted by Gasteiger charge is 2.42.